The monoisotopic (exact) mass is 676 g/mol. The molecule has 0 heterocycles. The molecular formula is C43H52N2O5. The van der Waals surface area contributed by atoms with Gasteiger partial charge in [-0.15, -0.1) is 0 Å². The fraction of sp³-hybridized carbons (Fsp3) is 0.372. The largest absolute Gasteiger partial charge is 0.497 e. The summed E-state index contributed by atoms with van der Waals surface area (Å²) < 4.78 is 10.9. The Bertz CT molecular complexity index is 1570. The number of amides is 2. The number of unbranched alkanes of at least 4 members (excludes halogenated alkanes) is 6. The average molecular weight is 677 g/mol. The zero-order valence-electron chi connectivity index (χ0n) is 30.1. The van der Waals surface area contributed by atoms with Gasteiger partial charge in [-0.3, -0.25) is 14.4 Å². The number of hydrogen-bond acceptors (Lipinski definition) is 5. The van der Waals surface area contributed by atoms with E-state index >= 15 is 0 Å². The van der Waals surface area contributed by atoms with E-state index in [1.54, 1.807) is 50.6 Å². The lowest BCUT2D eigenvalue weighted by Crippen LogP contribution is -2.25. The molecule has 0 aliphatic rings. The second-order valence-electron chi connectivity index (χ2n) is 12.8. The lowest BCUT2D eigenvalue weighted by atomic mass is 9.94. The molecule has 0 aromatic heterocycles. The van der Waals surface area contributed by atoms with E-state index in [4.69, 9.17) is 9.47 Å². The third kappa shape index (κ3) is 11.1. The van der Waals surface area contributed by atoms with Gasteiger partial charge in [0.05, 0.1) is 14.2 Å². The first-order chi connectivity index (χ1) is 24.4. The first-order valence-corrected chi connectivity index (χ1v) is 18.0. The normalized spacial score (nSPS) is 10.8. The number of carbonyl (C=O) groups is 3. The molecule has 2 amide bonds. The summed E-state index contributed by atoms with van der Waals surface area (Å²) in [4.78, 5) is 40.4. The van der Waals surface area contributed by atoms with E-state index < -0.39 is 0 Å². The number of aryl methyl sites for hydroxylation is 2. The number of methoxy groups -OCH3 is 2. The highest BCUT2D eigenvalue weighted by Crippen LogP contribution is 2.25. The van der Waals surface area contributed by atoms with Crippen LogP contribution in [0.15, 0.2) is 84.9 Å². The van der Waals surface area contributed by atoms with Crippen LogP contribution in [0.3, 0.4) is 0 Å². The summed E-state index contributed by atoms with van der Waals surface area (Å²) in [6.07, 6.45) is 11.6. The number of carbonyl (C=O) groups excluding carboxylic acids is 3. The van der Waals surface area contributed by atoms with Crippen molar-refractivity contribution in [3.05, 3.63) is 129 Å². The minimum absolute atomic E-state index is 0.132. The Kier molecular flexibility index (Phi) is 15.1. The Morgan fingerprint density at radius 2 is 0.920 bits per heavy atom. The number of rotatable bonds is 20. The van der Waals surface area contributed by atoms with E-state index in [1.165, 1.54) is 49.7 Å². The van der Waals surface area contributed by atoms with Crippen LogP contribution >= 0.6 is 0 Å². The summed E-state index contributed by atoms with van der Waals surface area (Å²) in [6.45, 7) is 4.67. The van der Waals surface area contributed by atoms with Crippen LogP contribution in [-0.4, -0.2) is 31.8 Å². The molecule has 0 bridgehead atoms. The third-order valence-electron chi connectivity index (χ3n) is 9.06. The fourth-order valence-corrected chi connectivity index (χ4v) is 5.99. The maximum absolute atomic E-state index is 14.1. The fourth-order valence-electron chi connectivity index (χ4n) is 5.99. The van der Waals surface area contributed by atoms with Crippen LogP contribution in [0.5, 0.6) is 11.5 Å². The molecule has 0 aliphatic heterocycles. The molecule has 50 heavy (non-hydrogen) atoms. The highest BCUT2D eigenvalue weighted by molar-refractivity contribution is 6.11. The lowest BCUT2D eigenvalue weighted by Gasteiger charge is -2.15. The summed E-state index contributed by atoms with van der Waals surface area (Å²) in [7, 11) is 3.13. The second-order valence-corrected chi connectivity index (χ2v) is 12.8. The molecule has 0 unspecified atom stereocenters. The molecule has 4 aromatic rings. The molecule has 4 rings (SSSR count). The zero-order chi connectivity index (χ0) is 35.7. The molecule has 0 saturated carbocycles. The van der Waals surface area contributed by atoms with Gasteiger partial charge in [-0.2, -0.15) is 0 Å². The highest BCUT2D eigenvalue weighted by Gasteiger charge is 2.20. The van der Waals surface area contributed by atoms with Crippen LogP contribution in [0.25, 0.3) is 0 Å². The molecule has 7 heteroatoms. The maximum atomic E-state index is 14.1. The summed E-state index contributed by atoms with van der Waals surface area (Å²) >= 11 is 0. The van der Waals surface area contributed by atoms with E-state index in [-0.39, 0.29) is 30.7 Å². The number of ether oxygens (including phenoxy) is 2. The summed E-state index contributed by atoms with van der Waals surface area (Å²) in [5.74, 6) is 0.478. The van der Waals surface area contributed by atoms with Gasteiger partial charge in [0.15, 0.2) is 5.78 Å². The van der Waals surface area contributed by atoms with Crippen molar-refractivity contribution in [1.82, 2.24) is 10.6 Å². The van der Waals surface area contributed by atoms with Gasteiger partial charge in [-0.1, -0.05) is 76.6 Å². The van der Waals surface area contributed by atoms with E-state index in [0.717, 1.165) is 25.7 Å². The van der Waals surface area contributed by atoms with Crippen molar-refractivity contribution in [3.63, 3.8) is 0 Å². The van der Waals surface area contributed by atoms with Crippen LogP contribution in [0.1, 0.15) is 124 Å². The van der Waals surface area contributed by atoms with Crippen molar-refractivity contribution in [3.8, 4) is 11.5 Å². The Morgan fingerprint density at radius 3 is 1.28 bits per heavy atom. The summed E-state index contributed by atoms with van der Waals surface area (Å²) in [5.41, 5.74) is 5.67. The number of benzene rings is 4. The van der Waals surface area contributed by atoms with E-state index in [2.05, 4.69) is 24.5 Å². The number of nitrogens with one attached hydrogen (secondary N) is 2. The molecule has 4 aromatic carbocycles. The lowest BCUT2D eigenvalue weighted by molar-refractivity contribution is 0.0943. The minimum atomic E-state index is -0.233. The molecule has 0 aliphatic carbocycles. The minimum Gasteiger partial charge on any atom is -0.497 e. The average Bonchev–Trinajstić information content (AvgIpc) is 3.16. The Labute approximate surface area is 297 Å². The Hall–Kier alpha value is -4.91. The van der Waals surface area contributed by atoms with Crippen LogP contribution in [0, 0.1) is 0 Å². The molecule has 0 saturated heterocycles. The van der Waals surface area contributed by atoms with Gasteiger partial charge in [-0.05, 0) is 109 Å². The molecule has 0 radical (unpaired) electrons. The van der Waals surface area contributed by atoms with Crippen molar-refractivity contribution in [1.29, 1.82) is 0 Å². The Morgan fingerprint density at radius 1 is 0.520 bits per heavy atom. The Balaban J connectivity index is 1.46. The van der Waals surface area contributed by atoms with Gasteiger partial charge in [0.1, 0.15) is 11.5 Å². The molecule has 264 valence electrons. The van der Waals surface area contributed by atoms with Crippen LogP contribution < -0.4 is 20.1 Å². The number of hydrogen-bond donors (Lipinski definition) is 2. The van der Waals surface area contributed by atoms with E-state index in [0.29, 0.717) is 44.9 Å². The second kappa shape index (κ2) is 19.9. The molecule has 0 atom stereocenters. The van der Waals surface area contributed by atoms with Gasteiger partial charge in [0.25, 0.3) is 11.8 Å². The third-order valence-corrected chi connectivity index (χ3v) is 9.06. The van der Waals surface area contributed by atoms with Gasteiger partial charge in [0, 0.05) is 35.3 Å². The van der Waals surface area contributed by atoms with Gasteiger partial charge in [-0.25, -0.2) is 0 Å². The standard InChI is InChI=1S/C43H52N2O5/c1-5-7-9-11-13-31-15-19-33(20-16-31)42(47)44-29-35-27-37(49-3)23-25-39(35)41(46)40-26-24-38(50-4)28-36(40)30-45-43(48)34-21-17-32(18-22-34)14-12-10-8-6-2/h15-28H,5-14,29-30H2,1-4H3,(H,44,47)(H,45,48). The molecule has 0 fully saturated rings. The van der Waals surface area contributed by atoms with Gasteiger partial charge >= 0.3 is 0 Å². The van der Waals surface area contributed by atoms with Crippen LogP contribution in [0.2, 0.25) is 0 Å². The SMILES string of the molecule is CCCCCCc1ccc(C(=O)NCc2cc(OC)ccc2C(=O)c2ccc(OC)cc2CNC(=O)c2ccc(CCCCCC)cc2)cc1. The van der Waals surface area contributed by atoms with Gasteiger partial charge in [0.2, 0.25) is 0 Å². The smallest absolute Gasteiger partial charge is 0.251 e. The molecular weight excluding hydrogens is 624 g/mol. The number of ketones is 1. The van der Waals surface area contributed by atoms with Gasteiger partial charge < -0.3 is 20.1 Å². The molecule has 2 N–H and O–H groups in total. The van der Waals surface area contributed by atoms with E-state index in [9.17, 15) is 14.4 Å². The molecule has 7 nitrogen and oxygen atoms in total. The molecule has 0 spiro atoms. The van der Waals surface area contributed by atoms with E-state index in [1.807, 2.05) is 48.5 Å². The highest BCUT2D eigenvalue weighted by atomic mass is 16.5. The van der Waals surface area contributed by atoms with Crippen LogP contribution in [0.4, 0.5) is 0 Å². The maximum Gasteiger partial charge on any atom is 0.251 e. The van der Waals surface area contributed by atoms with Crippen molar-refractivity contribution >= 4 is 17.6 Å². The predicted molar refractivity (Wildman–Crippen MR) is 200 cm³/mol. The zero-order valence-corrected chi connectivity index (χ0v) is 30.1. The van der Waals surface area contributed by atoms with Crippen molar-refractivity contribution in [2.45, 2.75) is 91.1 Å². The van der Waals surface area contributed by atoms with Crippen molar-refractivity contribution in [2.75, 3.05) is 14.2 Å². The predicted octanol–water partition coefficient (Wildman–Crippen LogP) is 9.04. The first-order valence-electron chi connectivity index (χ1n) is 18.0. The van der Waals surface area contributed by atoms with Crippen LogP contribution in [-0.2, 0) is 25.9 Å². The first kappa shape index (κ1) is 37.9. The van der Waals surface area contributed by atoms with Crippen molar-refractivity contribution < 1.29 is 23.9 Å². The topological polar surface area (TPSA) is 93.7 Å². The quantitative estimate of drug-likeness (QED) is 0.0720. The summed E-state index contributed by atoms with van der Waals surface area (Å²) in [5, 5.41) is 5.96. The summed E-state index contributed by atoms with van der Waals surface area (Å²) in [6, 6.07) is 25.9. The van der Waals surface area contributed by atoms with Crippen molar-refractivity contribution in [2.24, 2.45) is 0 Å².